The molecule has 0 fully saturated rings. The molecule has 0 aliphatic heterocycles. The third kappa shape index (κ3) is 5.81. The first-order valence-corrected chi connectivity index (χ1v) is 8.47. The molecule has 0 saturated heterocycles. The molecule has 2 aromatic carbocycles. The van der Waals surface area contributed by atoms with Crippen molar-refractivity contribution in [3.8, 4) is 5.75 Å². The van der Waals surface area contributed by atoms with Crippen LogP contribution in [-0.4, -0.2) is 43.5 Å². The second-order valence-corrected chi connectivity index (χ2v) is 6.37. The van der Waals surface area contributed by atoms with Gasteiger partial charge >= 0.3 is 0 Å². The number of carbonyl (C=O) groups is 2. The van der Waals surface area contributed by atoms with E-state index >= 15 is 0 Å². The van der Waals surface area contributed by atoms with Gasteiger partial charge in [0.1, 0.15) is 5.75 Å². The van der Waals surface area contributed by atoms with Gasteiger partial charge in [-0.3, -0.25) is 9.59 Å². The molecule has 0 saturated carbocycles. The maximum absolute atomic E-state index is 12.1. The number of anilines is 2. The molecule has 2 rings (SSSR count). The van der Waals surface area contributed by atoms with Gasteiger partial charge in [0.05, 0.1) is 12.6 Å². The highest BCUT2D eigenvalue weighted by Crippen LogP contribution is 2.17. The minimum absolute atomic E-state index is 0.0746. The number of rotatable bonds is 7. The summed E-state index contributed by atoms with van der Waals surface area (Å²) in [4.78, 5) is 25.4. The molecular weight excluding hydrogens is 330 g/mol. The van der Waals surface area contributed by atoms with E-state index in [1.807, 2.05) is 38.1 Å². The standard InChI is InChI=1S/C20H25N3O3/c1-14(2)26-18-11-9-16(10-12-18)21-13-19(24)22-17-7-5-15(6-8-17)20(25)23(3)4/h5-12,14,21H,13H2,1-4H3,(H,22,24). The fourth-order valence-electron chi connectivity index (χ4n) is 2.27. The Morgan fingerprint density at radius 3 is 2.08 bits per heavy atom. The van der Waals surface area contributed by atoms with Crippen LogP contribution in [0.1, 0.15) is 24.2 Å². The molecule has 138 valence electrons. The summed E-state index contributed by atoms with van der Waals surface area (Å²) in [7, 11) is 3.40. The van der Waals surface area contributed by atoms with Crippen LogP contribution in [0.25, 0.3) is 0 Å². The second-order valence-electron chi connectivity index (χ2n) is 6.37. The topological polar surface area (TPSA) is 70.7 Å². The van der Waals surface area contributed by atoms with Gasteiger partial charge in [0.25, 0.3) is 5.91 Å². The summed E-state index contributed by atoms with van der Waals surface area (Å²) in [6.45, 7) is 4.08. The van der Waals surface area contributed by atoms with Gasteiger partial charge in [-0.2, -0.15) is 0 Å². The van der Waals surface area contributed by atoms with Gasteiger partial charge in [-0.05, 0) is 62.4 Å². The summed E-state index contributed by atoms with van der Waals surface area (Å²) in [6.07, 6.45) is 0.124. The number of benzene rings is 2. The van der Waals surface area contributed by atoms with Crippen LogP contribution in [0.15, 0.2) is 48.5 Å². The van der Waals surface area contributed by atoms with E-state index in [2.05, 4.69) is 10.6 Å². The number of nitrogens with one attached hydrogen (secondary N) is 2. The smallest absolute Gasteiger partial charge is 0.253 e. The van der Waals surface area contributed by atoms with Crippen LogP contribution in [0.2, 0.25) is 0 Å². The van der Waals surface area contributed by atoms with Crippen molar-refractivity contribution in [2.24, 2.45) is 0 Å². The quantitative estimate of drug-likeness (QED) is 0.800. The SMILES string of the molecule is CC(C)Oc1ccc(NCC(=O)Nc2ccc(C(=O)N(C)C)cc2)cc1. The highest BCUT2D eigenvalue weighted by atomic mass is 16.5. The van der Waals surface area contributed by atoms with Crippen molar-refractivity contribution in [2.75, 3.05) is 31.3 Å². The third-order valence-corrected chi connectivity index (χ3v) is 3.50. The molecule has 26 heavy (non-hydrogen) atoms. The maximum Gasteiger partial charge on any atom is 0.253 e. The number of amides is 2. The van der Waals surface area contributed by atoms with E-state index in [9.17, 15) is 9.59 Å². The van der Waals surface area contributed by atoms with Crippen molar-refractivity contribution in [2.45, 2.75) is 20.0 Å². The van der Waals surface area contributed by atoms with Gasteiger partial charge in [-0.1, -0.05) is 0 Å². The third-order valence-electron chi connectivity index (χ3n) is 3.50. The predicted octanol–water partition coefficient (Wildman–Crippen LogP) is 3.23. The molecule has 6 heteroatoms. The van der Waals surface area contributed by atoms with Crippen molar-refractivity contribution in [3.05, 3.63) is 54.1 Å². The van der Waals surface area contributed by atoms with Crippen LogP contribution in [0.3, 0.4) is 0 Å². The molecule has 2 amide bonds. The predicted molar refractivity (Wildman–Crippen MR) is 104 cm³/mol. The monoisotopic (exact) mass is 355 g/mol. The lowest BCUT2D eigenvalue weighted by molar-refractivity contribution is -0.114. The summed E-state index contributed by atoms with van der Waals surface area (Å²) in [5.41, 5.74) is 2.06. The molecule has 6 nitrogen and oxygen atoms in total. The minimum atomic E-state index is -0.167. The van der Waals surface area contributed by atoms with Gasteiger partial charge in [0.15, 0.2) is 0 Å². The first-order chi connectivity index (χ1) is 12.3. The number of hydrogen-bond donors (Lipinski definition) is 2. The van der Waals surface area contributed by atoms with Gasteiger partial charge in [0, 0.05) is 31.0 Å². The van der Waals surface area contributed by atoms with E-state index < -0.39 is 0 Å². The number of ether oxygens (including phenoxy) is 1. The number of carbonyl (C=O) groups excluding carboxylic acids is 2. The maximum atomic E-state index is 12.1. The fraction of sp³-hybridized carbons (Fsp3) is 0.300. The normalized spacial score (nSPS) is 10.3. The molecule has 2 N–H and O–H groups in total. The van der Waals surface area contributed by atoms with E-state index in [4.69, 9.17) is 4.74 Å². The summed E-state index contributed by atoms with van der Waals surface area (Å²) in [6, 6.07) is 14.3. The van der Waals surface area contributed by atoms with Crippen LogP contribution in [0.5, 0.6) is 5.75 Å². The first kappa shape index (κ1) is 19.3. The van der Waals surface area contributed by atoms with Crippen LogP contribution in [-0.2, 0) is 4.79 Å². The van der Waals surface area contributed by atoms with Gasteiger partial charge < -0.3 is 20.3 Å². The second kappa shape index (κ2) is 8.89. The van der Waals surface area contributed by atoms with E-state index in [-0.39, 0.29) is 24.5 Å². The Bertz CT molecular complexity index is 738. The lowest BCUT2D eigenvalue weighted by atomic mass is 10.2. The summed E-state index contributed by atoms with van der Waals surface area (Å²) in [5.74, 6) is 0.552. The zero-order valence-electron chi connectivity index (χ0n) is 15.6. The molecular formula is C20H25N3O3. The zero-order chi connectivity index (χ0) is 19.1. The van der Waals surface area contributed by atoms with Gasteiger partial charge in [0.2, 0.25) is 5.91 Å². The Labute approximate surface area is 154 Å². The Morgan fingerprint density at radius 1 is 0.962 bits per heavy atom. The van der Waals surface area contributed by atoms with Crippen molar-refractivity contribution in [3.63, 3.8) is 0 Å². The van der Waals surface area contributed by atoms with E-state index in [0.29, 0.717) is 11.3 Å². The zero-order valence-corrected chi connectivity index (χ0v) is 15.6. The Morgan fingerprint density at radius 2 is 1.54 bits per heavy atom. The summed E-state index contributed by atoms with van der Waals surface area (Å²) in [5, 5.41) is 5.86. The largest absolute Gasteiger partial charge is 0.491 e. The summed E-state index contributed by atoms with van der Waals surface area (Å²) >= 11 is 0. The highest BCUT2D eigenvalue weighted by Gasteiger charge is 2.08. The van der Waals surface area contributed by atoms with Crippen LogP contribution in [0.4, 0.5) is 11.4 Å². The average molecular weight is 355 g/mol. The molecule has 0 aliphatic carbocycles. The van der Waals surface area contributed by atoms with Gasteiger partial charge in [-0.25, -0.2) is 0 Å². The lowest BCUT2D eigenvalue weighted by Crippen LogP contribution is -2.22. The Balaban J connectivity index is 1.84. The highest BCUT2D eigenvalue weighted by molar-refractivity contribution is 5.96. The van der Waals surface area contributed by atoms with E-state index in [1.54, 1.807) is 38.4 Å². The van der Waals surface area contributed by atoms with Crippen molar-refractivity contribution >= 4 is 23.2 Å². The Hall–Kier alpha value is -3.02. The first-order valence-electron chi connectivity index (χ1n) is 8.47. The van der Waals surface area contributed by atoms with Crippen LogP contribution in [0, 0.1) is 0 Å². The molecule has 2 aromatic rings. The van der Waals surface area contributed by atoms with Crippen molar-refractivity contribution < 1.29 is 14.3 Å². The molecule has 0 radical (unpaired) electrons. The number of hydrogen-bond acceptors (Lipinski definition) is 4. The molecule has 0 spiro atoms. The Kier molecular flexibility index (Phi) is 6.60. The minimum Gasteiger partial charge on any atom is -0.491 e. The molecule has 0 heterocycles. The van der Waals surface area contributed by atoms with Crippen molar-refractivity contribution in [1.29, 1.82) is 0 Å². The molecule has 0 aliphatic rings. The van der Waals surface area contributed by atoms with E-state index in [1.165, 1.54) is 4.90 Å². The summed E-state index contributed by atoms with van der Waals surface area (Å²) < 4.78 is 5.58. The van der Waals surface area contributed by atoms with Crippen LogP contribution < -0.4 is 15.4 Å². The lowest BCUT2D eigenvalue weighted by Gasteiger charge is -2.12. The molecule has 0 aromatic heterocycles. The molecule has 0 atom stereocenters. The molecule has 0 bridgehead atoms. The van der Waals surface area contributed by atoms with Gasteiger partial charge in [-0.15, -0.1) is 0 Å². The number of nitrogens with zero attached hydrogens (tertiary/aromatic N) is 1. The van der Waals surface area contributed by atoms with E-state index in [0.717, 1.165) is 11.4 Å². The average Bonchev–Trinajstić information content (AvgIpc) is 2.60. The molecule has 0 unspecified atom stereocenters. The van der Waals surface area contributed by atoms with Crippen molar-refractivity contribution in [1.82, 2.24) is 4.90 Å². The van der Waals surface area contributed by atoms with Crippen LogP contribution >= 0.6 is 0 Å². The fourth-order valence-corrected chi connectivity index (χ4v) is 2.27.